The maximum Gasteiger partial charge on any atom is 0.227 e. The molecule has 3 aromatic rings. The standard InChI is InChI=1S/C20H23N3O/c1-3-9-16(15-10-5-4-6-11-15)20(24)21-14-19-22-17-12-7-8-13-18(17)23(19)2/h4-8,10-13,16H,3,9,14H2,1-2H3,(H,21,24). The lowest BCUT2D eigenvalue weighted by Crippen LogP contribution is -2.30. The Labute approximate surface area is 142 Å². The summed E-state index contributed by atoms with van der Waals surface area (Å²) in [7, 11) is 1.98. The fourth-order valence-corrected chi connectivity index (χ4v) is 3.07. The van der Waals surface area contributed by atoms with E-state index in [0.29, 0.717) is 6.54 Å². The summed E-state index contributed by atoms with van der Waals surface area (Å²) < 4.78 is 2.03. The summed E-state index contributed by atoms with van der Waals surface area (Å²) >= 11 is 0. The van der Waals surface area contributed by atoms with Crippen molar-refractivity contribution in [2.75, 3.05) is 0 Å². The lowest BCUT2D eigenvalue weighted by molar-refractivity contribution is -0.122. The van der Waals surface area contributed by atoms with E-state index in [1.165, 1.54) is 0 Å². The first-order chi connectivity index (χ1) is 11.7. The highest BCUT2D eigenvalue weighted by Crippen LogP contribution is 2.21. The second-order valence-electron chi connectivity index (χ2n) is 6.05. The Kier molecular flexibility index (Phi) is 4.94. The fourth-order valence-electron chi connectivity index (χ4n) is 3.07. The molecule has 0 aliphatic rings. The molecule has 1 atom stereocenters. The van der Waals surface area contributed by atoms with Gasteiger partial charge in [0.1, 0.15) is 5.82 Å². The van der Waals surface area contributed by atoms with Crippen molar-refractivity contribution in [2.24, 2.45) is 7.05 Å². The van der Waals surface area contributed by atoms with Crippen molar-refractivity contribution in [3.05, 3.63) is 66.0 Å². The van der Waals surface area contributed by atoms with Crippen molar-refractivity contribution in [1.29, 1.82) is 0 Å². The molecule has 1 N–H and O–H groups in total. The van der Waals surface area contributed by atoms with Gasteiger partial charge in [0.05, 0.1) is 23.5 Å². The van der Waals surface area contributed by atoms with E-state index in [9.17, 15) is 4.79 Å². The molecule has 0 saturated heterocycles. The third-order valence-corrected chi connectivity index (χ3v) is 4.40. The zero-order chi connectivity index (χ0) is 16.9. The molecule has 0 spiro atoms. The first kappa shape index (κ1) is 16.2. The van der Waals surface area contributed by atoms with Gasteiger partial charge >= 0.3 is 0 Å². The normalized spacial score (nSPS) is 12.2. The highest BCUT2D eigenvalue weighted by molar-refractivity contribution is 5.83. The molecule has 1 heterocycles. The van der Waals surface area contributed by atoms with Crippen LogP contribution in [0.3, 0.4) is 0 Å². The van der Waals surface area contributed by atoms with E-state index in [4.69, 9.17) is 0 Å². The Morgan fingerprint density at radius 2 is 1.83 bits per heavy atom. The van der Waals surface area contributed by atoms with Gasteiger partial charge < -0.3 is 9.88 Å². The number of fused-ring (bicyclic) bond motifs is 1. The number of benzene rings is 2. The van der Waals surface area contributed by atoms with Crippen molar-refractivity contribution in [3.8, 4) is 0 Å². The number of hydrogen-bond donors (Lipinski definition) is 1. The van der Waals surface area contributed by atoms with Crippen LogP contribution < -0.4 is 5.32 Å². The minimum Gasteiger partial charge on any atom is -0.348 e. The van der Waals surface area contributed by atoms with E-state index >= 15 is 0 Å². The van der Waals surface area contributed by atoms with E-state index in [1.807, 2.05) is 66.2 Å². The van der Waals surface area contributed by atoms with Crippen LogP contribution >= 0.6 is 0 Å². The van der Waals surface area contributed by atoms with Crippen molar-refractivity contribution in [3.63, 3.8) is 0 Å². The Balaban J connectivity index is 1.74. The average Bonchev–Trinajstić information content (AvgIpc) is 2.95. The molecule has 4 nitrogen and oxygen atoms in total. The summed E-state index contributed by atoms with van der Waals surface area (Å²) in [4.78, 5) is 17.3. The highest BCUT2D eigenvalue weighted by Gasteiger charge is 2.20. The fraction of sp³-hybridized carbons (Fsp3) is 0.300. The van der Waals surface area contributed by atoms with Crippen LogP contribution in [0, 0.1) is 0 Å². The molecule has 0 saturated carbocycles. The van der Waals surface area contributed by atoms with E-state index in [2.05, 4.69) is 17.2 Å². The van der Waals surface area contributed by atoms with Crippen molar-refractivity contribution >= 4 is 16.9 Å². The smallest absolute Gasteiger partial charge is 0.227 e. The topological polar surface area (TPSA) is 46.9 Å². The summed E-state index contributed by atoms with van der Waals surface area (Å²) in [6.45, 7) is 2.55. The van der Waals surface area contributed by atoms with E-state index in [-0.39, 0.29) is 11.8 Å². The summed E-state index contributed by atoms with van der Waals surface area (Å²) in [5.41, 5.74) is 3.11. The van der Waals surface area contributed by atoms with Crippen molar-refractivity contribution in [1.82, 2.24) is 14.9 Å². The van der Waals surface area contributed by atoms with Gasteiger partial charge in [0.25, 0.3) is 0 Å². The minimum absolute atomic E-state index is 0.0649. The molecule has 1 aromatic heterocycles. The zero-order valence-corrected chi connectivity index (χ0v) is 14.2. The summed E-state index contributed by atoms with van der Waals surface area (Å²) in [5, 5.41) is 3.06. The van der Waals surface area contributed by atoms with Gasteiger partial charge in [-0.2, -0.15) is 0 Å². The number of imidazole rings is 1. The molecule has 1 amide bonds. The van der Waals surface area contributed by atoms with Crippen LogP contribution in [0.2, 0.25) is 0 Å². The molecule has 4 heteroatoms. The van der Waals surface area contributed by atoms with Gasteiger partial charge in [0.15, 0.2) is 0 Å². The van der Waals surface area contributed by atoms with Gasteiger partial charge in [-0.1, -0.05) is 55.8 Å². The van der Waals surface area contributed by atoms with Gasteiger partial charge in [0.2, 0.25) is 5.91 Å². The van der Waals surface area contributed by atoms with Gasteiger partial charge in [-0.25, -0.2) is 4.98 Å². The second kappa shape index (κ2) is 7.30. The first-order valence-corrected chi connectivity index (χ1v) is 8.43. The maximum atomic E-state index is 12.7. The van der Waals surface area contributed by atoms with Crippen molar-refractivity contribution in [2.45, 2.75) is 32.2 Å². The molecular weight excluding hydrogens is 298 g/mol. The molecule has 24 heavy (non-hydrogen) atoms. The number of carbonyl (C=O) groups is 1. The molecule has 3 rings (SSSR count). The maximum absolute atomic E-state index is 12.7. The van der Waals surface area contributed by atoms with Gasteiger partial charge in [0, 0.05) is 7.05 Å². The number of amides is 1. The third kappa shape index (κ3) is 3.32. The van der Waals surface area contributed by atoms with Crippen molar-refractivity contribution < 1.29 is 4.79 Å². The average molecular weight is 321 g/mol. The van der Waals surface area contributed by atoms with Gasteiger partial charge in [-0.05, 0) is 24.1 Å². The zero-order valence-electron chi connectivity index (χ0n) is 14.2. The molecule has 2 aromatic carbocycles. The number of carbonyl (C=O) groups excluding carboxylic acids is 1. The number of para-hydroxylation sites is 2. The molecule has 0 radical (unpaired) electrons. The first-order valence-electron chi connectivity index (χ1n) is 8.43. The number of aryl methyl sites for hydroxylation is 1. The van der Waals surface area contributed by atoms with E-state index < -0.39 is 0 Å². The predicted octanol–water partition coefficient (Wildman–Crippen LogP) is 3.77. The number of aromatic nitrogens is 2. The van der Waals surface area contributed by atoms with Gasteiger partial charge in [-0.15, -0.1) is 0 Å². The van der Waals surface area contributed by atoms with Crippen LogP contribution in [0.4, 0.5) is 0 Å². The van der Waals surface area contributed by atoms with Crippen LogP contribution in [0.25, 0.3) is 11.0 Å². The minimum atomic E-state index is -0.106. The third-order valence-electron chi connectivity index (χ3n) is 4.40. The van der Waals surface area contributed by atoms with Crippen LogP contribution in [-0.2, 0) is 18.4 Å². The highest BCUT2D eigenvalue weighted by atomic mass is 16.1. The summed E-state index contributed by atoms with van der Waals surface area (Å²) in [6.07, 6.45) is 1.82. The summed E-state index contributed by atoms with van der Waals surface area (Å²) in [5.74, 6) is 0.828. The number of nitrogens with zero attached hydrogens (tertiary/aromatic N) is 2. The quantitative estimate of drug-likeness (QED) is 0.751. The Morgan fingerprint density at radius 3 is 2.54 bits per heavy atom. The second-order valence-corrected chi connectivity index (χ2v) is 6.05. The van der Waals surface area contributed by atoms with Crippen LogP contribution in [-0.4, -0.2) is 15.5 Å². The molecule has 1 unspecified atom stereocenters. The Bertz CT molecular complexity index is 823. The molecule has 0 bridgehead atoms. The monoisotopic (exact) mass is 321 g/mol. The van der Waals surface area contributed by atoms with E-state index in [0.717, 1.165) is 35.3 Å². The molecular formula is C20H23N3O. The molecule has 0 aliphatic carbocycles. The summed E-state index contributed by atoms with van der Waals surface area (Å²) in [6, 6.07) is 18.0. The predicted molar refractivity (Wildman–Crippen MR) is 96.7 cm³/mol. The molecule has 0 fully saturated rings. The lowest BCUT2D eigenvalue weighted by Gasteiger charge is -2.16. The lowest BCUT2D eigenvalue weighted by atomic mass is 9.94. The SMILES string of the molecule is CCCC(C(=O)NCc1nc2ccccc2n1C)c1ccccc1. The number of rotatable bonds is 6. The Morgan fingerprint density at radius 1 is 1.12 bits per heavy atom. The Hall–Kier alpha value is -2.62. The number of nitrogens with one attached hydrogen (secondary N) is 1. The largest absolute Gasteiger partial charge is 0.348 e. The number of hydrogen-bond acceptors (Lipinski definition) is 2. The molecule has 0 aliphatic heterocycles. The van der Waals surface area contributed by atoms with Crippen LogP contribution in [0.15, 0.2) is 54.6 Å². The van der Waals surface area contributed by atoms with Crippen LogP contribution in [0.1, 0.15) is 37.1 Å². The van der Waals surface area contributed by atoms with E-state index in [1.54, 1.807) is 0 Å². The molecule has 124 valence electrons. The van der Waals surface area contributed by atoms with Crippen LogP contribution in [0.5, 0.6) is 0 Å². The van der Waals surface area contributed by atoms with Gasteiger partial charge in [-0.3, -0.25) is 4.79 Å².